The molecule has 0 bridgehead atoms. The van der Waals surface area contributed by atoms with Crippen LogP contribution < -0.4 is 4.74 Å². The lowest BCUT2D eigenvalue weighted by Crippen LogP contribution is -2.00. The van der Waals surface area contributed by atoms with Gasteiger partial charge < -0.3 is 4.74 Å². The molecule has 0 fully saturated rings. The maximum Gasteiger partial charge on any atom is 0.172 e. The van der Waals surface area contributed by atoms with Crippen molar-refractivity contribution < 1.29 is 9.53 Å². The van der Waals surface area contributed by atoms with Crippen molar-refractivity contribution in [3.63, 3.8) is 0 Å². The van der Waals surface area contributed by atoms with Crippen LogP contribution in [0.25, 0.3) is 0 Å². The first-order chi connectivity index (χ1) is 8.79. The number of ketones is 1. The number of halogens is 1. The van der Waals surface area contributed by atoms with E-state index in [0.29, 0.717) is 11.0 Å². The third-order valence-corrected chi connectivity index (χ3v) is 3.24. The van der Waals surface area contributed by atoms with Crippen molar-refractivity contribution in [2.75, 3.05) is 4.43 Å². The van der Waals surface area contributed by atoms with Crippen LogP contribution in [-0.2, 0) is 6.61 Å². The monoisotopic (exact) mass is 352 g/mol. The summed E-state index contributed by atoms with van der Waals surface area (Å²) in [6.07, 6.45) is 0. The predicted molar refractivity (Wildman–Crippen MR) is 80.4 cm³/mol. The molecule has 2 aromatic carbocycles. The Morgan fingerprint density at radius 1 is 1.00 bits per heavy atom. The summed E-state index contributed by atoms with van der Waals surface area (Å²) in [6.45, 7) is 0.542. The van der Waals surface area contributed by atoms with Crippen LogP contribution >= 0.6 is 22.6 Å². The van der Waals surface area contributed by atoms with Gasteiger partial charge in [0.15, 0.2) is 5.78 Å². The molecule has 2 nitrogen and oxygen atoms in total. The quantitative estimate of drug-likeness (QED) is 0.464. The highest BCUT2D eigenvalue weighted by molar-refractivity contribution is 14.1. The van der Waals surface area contributed by atoms with Crippen LogP contribution in [0.5, 0.6) is 5.75 Å². The van der Waals surface area contributed by atoms with E-state index < -0.39 is 0 Å². The summed E-state index contributed by atoms with van der Waals surface area (Å²) in [4.78, 5) is 11.5. The number of ether oxygens (including phenoxy) is 1. The third-order valence-electron chi connectivity index (χ3n) is 2.55. The minimum Gasteiger partial charge on any atom is -0.489 e. The number of carbonyl (C=O) groups is 1. The zero-order valence-corrected chi connectivity index (χ0v) is 12.0. The van der Waals surface area contributed by atoms with E-state index in [1.807, 2.05) is 42.5 Å². The summed E-state index contributed by atoms with van der Waals surface area (Å²) in [6, 6.07) is 17.3. The van der Waals surface area contributed by atoms with Crippen molar-refractivity contribution in [2.24, 2.45) is 0 Å². The van der Waals surface area contributed by atoms with Crippen molar-refractivity contribution in [2.45, 2.75) is 6.61 Å². The van der Waals surface area contributed by atoms with Gasteiger partial charge in [0.2, 0.25) is 0 Å². The molecule has 92 valence electrons. The molecule has 0 spiro atoms. The third kappa shape index (κ3) is 3.57. The summed E-state index contributed by atoms with van der Waals surface area (Å²) < 4.78 is 6.15. The predicted octanol–water partition coefficient (Wildman–Crippen LogP) is 3.88. The summed E-state index contributed by atoms with van der Waals surface area (Å²) in [5.41, 5.74) is 1.86. The van der Waals surface area contributed by atoms with E-state index in [0.717, 1.165) is 16.9 Å². The Morgan fingerprint density at radius 2 is 1.67 bits per heavy atom. The molecule has 0 heterocycles. The first-order valence-electron chi connectivity index (χ1n) is 5.65. The van der Waals surface area contributed by atoms with Gasteiger partial charge in [-0.05, 0) is 29.8 Å². The molecule has 3 heteroatoms. The molecular formula is C15H13IO2. The van der Waals surface area contributed by atoms with Crippen molar-refractivity contribution in [3.05, 3.63) is 65.7 Å². The Labute approximate surface area is 120 Å². The summed E-state index contributed by atoms with van der Waals surface area (Å²) in [7, 11) is 0. The lowest BCUT2D eigenvalue weighted by molar-refractivity contribution is 0.102. The number of Topliss-reactive ketones (excluding diaryl/α,β-unsaturated/α-hetero) is 1. The van der Waals surface area contributed by atoms with Crippen LogP contribution in [0, 0.1) is 0 Å². The van der Waals surface area contributed by atoms with Gasteiger partial charge in [-0.1, -0.05) is 52.9 Å². The summed E-state index contributed by atoms with van der Waals surface area (Å²) >= 11 is 2.07. The average molecular weight is 352 g/mol. The summed E-state index contributed by atoms with van der Waals surface area (Å²) in [5.74, 6) is 0.925. The van der Waals surface area contributed by atoms with Crippen LogP contribution in [-0.4, -0.2) is 10.2 Å². The van der Waals surface area contributed by atoms with Gasteiger partial charge in [0.05, 0.1) is 4.43 Å². The molecule has 0 aromatic heterocycles. The van der Waals surface area contributed by atoms with Gasteiger partial charge >= 0.3 is 0 Å². The Kier molecular flexibility index (Phi) is 4.75. The van der Waals surface area contributed by atoms with Crippen LogP contribution in [0.1, 0.15) is 15.9 Å². The molecule has 2 rings (SSSR count). The molecule has 0 unspecified atom stereocenters. The number of benzene rings is 2. The van der Waals surface area contributed by atoms with E-state index in [1.165, 1.54) is 0 Å². The standard InChI is InChI=1S/C15H13IO2/c16-10-15(17)13-6-8-14(9-7-13)18-11-12-4-2-1-3-5-12/h1-9H,10-11H2. The van der Waals surface area contributed by atoms with Gasteiger partial charge in [0.25, 0.3) is 0 Å². The Hall–Kier alpha value is -1.36. The number of hydrogen-bond acceptors (Lipinski definition) is 2. The molecule has 0 aliphatic rings. The number of alkyl halides is 1. The molecule has 0 saturated carbocycles. The van der Waals surface area contributed by atoms with Crippen molar-refractivity contribution in [3.8, 4) is 5.75 Å². The van der Waals surface area contributed by atoms with Gasteiger partial charge in [-0.25, -0.2) is 0 Å². The summed E-state index contributed by atoms with van der Waals surface area (Å²) in [5, 5.41) is 0. The van der Waals surface area contributed by atoms with Crippen molar-refractivity contribution >= 4 is 28.4 Å². The smallest absolute Gasteiger partial charge is 0.172 e. The average Bonchev–Trinajstić information content (AvgIpc) is 2.46. The second kappa shape index (κ2) is 6.54. The zero-order valence-electron chi connectivity index (χ0n) is 9.80. The Bertz CT molecular complexity index is 506. The Morgan fingerprint density at radius 3 is 2.28 bits per heavy atom. The number of carbonyl (C=O) groups excluding carboxylic acids is 1. The maximum atomic E-state index is 11.5. The van der Waals surface area contributed by atoms with Crippen LogP contribution in [0.2, 0.25) is 0 Å². The van der Waals surface area contributed by atoms with Gasteiger partial charge in [-0.15, -0.1) is 0 Å². The van der Waals surface area contributed by atoms with E-state index in [9.17, 15) is 4.79 Å². The molecular weight excluding hydrogens is 339 g/mol. The molecule has 0 aliphatic heterocycles. The van der Waals surface area contributed by atoms with E-state index in [-0.39, 0.29) is 5.78 Å². The number of rotatable bonds is 5. The molecule has 0 saturated heterocycles. The molecule has 0 atom stereocenters. The second-order valence-electron chi connectivity index (χ2n) is 3.86. The number of hydrogen-bond donors (Lipinski definition) is 0. The first-order valence-corrected chi connectivity index (χ1v) is 7.18. The Balaban J connectivity index is 1.97. The molecule has 0 aliphatic carbocycles. The van der Waals surface area contributed by atoms with E-state index >= 15 is 0 Å². The lowest BCUT2D eigenvalue weighted by atomic mass is 10.1. The highest BCUT2D eigenvalue weighted by Crippen LogP contribution is 2.15. The van der Waals surface area contributed by atoms with E-state index in [2.05, 4.69) is 22.6 Å². The highest BCUT2D eigenvalue weighted by Gasteiger charge is 2.03. The van der Waals surface area contributed by atoms with Crippen LogP contribution in [0.15, 0.2) is 54.6 Å². The van der Waals surface area contributed by atoms with Crippen molar-refractivity contribution in [1.29, 1.82) is 0 Å². The topological polar surface area (TPSA) is 26.3 Å². The molecule has 18 heavy (non-hydrogen) atoms. The van der Waals surface area contributed by atoms with Gasteiger partial charge in [-0.3, -0.25) is 4.79 Å². The van der Waals surface area contributed by atoms with Gasteiger partial charge in [0, 0.05) is 5.56 Å². The molecule has 0 amide bonds. The van der Waals surface area contributed by atoms with Gasteiger partial charge in [0.1, 0.15) is 12.4 Å². The minimum absolute atomic E-state index is 0.144. The molecule has 0 radical (unpaired) electrons. The maximum absolute atomic E-state index is 11.5. The fourth-order valence-corrected chi connectivity index (χ4v) is 2.00. The lowest BCUT2D eigenvalue weighted by Gasteiger charge is -2.06. The largest absolute Gasteiger partial charge is 0.489 e. The van der Waals surface area contributed by atoms with Gasteiger partial charge in [-0.2, -0.15) is 0 Å². The zero-order chi connectivity index (χ0) is 12.8. The SMILES string of the molecule is O=C(CI)c1ccc(OCc2ccccc2)cc1. The normalized spacial score (nSPS) is 10.1. The van der Waals surface area contributed by atoms with E-state index in [4.69, 9.17) is 4.74 Å². The fourth-order valence-electron chi connectivity index (χ4n) is 1.56. The first kappa shape index (κ1) is 13.1. The van der Waals surface area contributed by atoms with Crippen LogP contribution in [0.3, 0.4) is 0 Å². The second-order valence-corrected chi connectivity index (χ2v) is 4.62. The molecule has 2 aromatic rings. The fraction of sp³-hybridized carbons (Fsp3) is 0.133. The minimum atomic E-state index is 0.144. The highest BCUT2D eigenvalue weighted by atomic mass is 127. The van der Waals surface area contributed by atoms with Crippen LogP contribution in [0.4, 0.5) is 0 Å². The van der Waals surface area contributed by atoms with E-state index in [1.54, 1.807) is 12.1 Å². The molecule has 0 N–H and O–H groups in total. The van der Waals surface area contributed by atoms with Crippen molar-refractivity contribution in [1.82, 2.24) is 0 Å².